The van der Waals surface area contributed by atoms with Crippen LogP contribution >= 0.6 is 0 Å². The van der Waals surface area contributed by atoms with Crippen LogP contribution in [-0.4, -0.2) is 15.7 Å². The van der Waals surface area contributed by atoms with Crippen molar-refractivity contribution >= 4 is 11.6 Å². The number of hydrogen-bond donors (Lipinski definition) is 2. The molecule has 0 aliphatic heterocycles. The number of benzene rings is 3. The van der Waals surface area contributed by atoms with E-state index in [2.05, 4.69) is 10.4 Å². The van der Waals surface area contributed by atoms with Crippen LogP contribution in [0.5, 0.6) is 0 Å². The summed E-state index contributed by atoms with van der Waals surface area (Å²) in [6, 6.07) is 20.7. The monoisotopic (exact) mass is 468 g/mol. The van der Waals surface area contributed by atoms with Gasteiger partial charge in [-0.1, -0.05) is 48.5 Å². The van der Waals surface area contributed by atoms with Crippen molar-refractivity contribution in [1.29, 1.82) is 0 Å². The quantitative estimate of drug-likeness (QED) is 0.376. The van der Waals surface area contributed by atoms with E-state index in [0.717, 1.165) is 15.8 Å². The largest absolute Gasteiger partial charge is 0.435 e. The zero-order valence-corrected chi connectivity index (χ0v) is 17.8. The number of amides is 1. The van der Waals surface area contributed by atoms with Crippen LogP contribution in [-0.2, 0) is 19.1 Å². The van der Waals surface area contributed by atoms with Gasteiger partial charge in [-0.25, -0.2) is 9.07 Å². The van der Waals surface area contributed by atoms with E-state index in [4.69, 9.17) is 5.73 Å². The summed E-state index contributed by atoms with van der Waals surface area (Å²) >= 11 is 0. The van der Waals surface area contributed by atoms with Gasteiger partial charge in [-0.15, -0.1) is 0 Å². The van der Waals surface area contributed by atoms with E-state index in [1.165, 1.54) is 24.3 Å². The average Bonchev–Trinajstić information content (AvgIpc) is 3.28. The summed E-state index contributed by atoms with van der Waals surface area (Å²) in [7, 11) is 0. The first kappa shape index (κ1) is 23.2. The smallest absolute Gasteiger partial charge is 0.326 e. The molecule has 1 amide bonds. The number of nitrogens with one attached hydrogen (secondary N) is 1. The van der Waals surface area contributed by atoms with E-state index in [0.29, 0.717) is 18.1 Å². The van der Waals surface area contributed by atoms with Crippen LogP contribution < -0.4 is 11.1 Å². The van der Waals surface area contributed by atoms with Crippen molar-refractivity contribution < 1.29 is 22.4 Å². The lowest BCUT2D eigenvalue weighted by molar-refractivity contribution is -0.141. The highest BCUT2D eigenvalue weighted by Gasteiger charge is 2.36. The Morgan fingerprint density at radius 2 is 1.65 bits per heavy atom. The number of nitrogens with two attached hydrogens (primary N) is 1. The number of halogens is 4. The predicted octanol–water partition coefficient (Wildman–Crippen LogP) is 5.33. The fourth-order valence-corrected chi connectivity index (χ4v) is 3.49. The molecule has 4 aromatic rings. The molecule has 3 aromatic carbocycles. The van der Waals surface area contributed by atoms with Crippen molar-refractivity contribution in [3.8, 4) is 5.69 Å². The van der Waals surface area contributed by atoms with Gasteiger partial charge in [0.1, 0.15) is 11.5 Å². The molecule has 1 heterocycles. The molecule has 0 aliphatic carbocycles. The van der Waals surface area contributed by atoms with Gasteiger partial charge < -0.3 is 11.1 Å². The lowest BCUT2D eigenvalue weighted by Crippen LogP contribution is -2.18. The minimum Gasteiger partial charge on any atom is -0.326 e. The number of anilines is 1. The number of aromatic nitrogens is 2. The van der Waals surface area contributed by atoms with Crippen molar-refractivity contribution in [3.63, 3.8) is 0 Å². The van der Waals surface area contributed by atoms with Crippen molar-refractivity contribution in [2.24, 2.45) is 5.73 Å². The van der Waals surface area contributed by atoms with Gasteiger partial charge in [0.15, 0.2) is 5.69 Å². The van der Waals surface area contributed by atoms with Gasteiger partial charge in [0.2, 0.25) is 0 Å². The Bertz CT molecular complexity index is 1320. The Morgan fingerprint density at radius 3 is 2.35 bits per heavy atom. The van der Waals surface area contributed by atoms with Gasteiger partial charge in [0.05, 0.1) is 11.4 Å². The highest BCUT2D eigenvalue weighted by molar-refractivity contribution is 6.03. The van der Waals surface area contributed by atoms with Crippen LogP contribution in [0.25, 0.3) is 5.69 Å². The molecule has 0 atom stereocenters. The number of rotatable bonds is 6. The molecule has 3 N–H and O–H groups in total. The highest BCUT2D eigenvalue weighted by Crippen LogP contribution is 2.30. The molecule has 174 valence electrons. The number of hydrogen-bond acceptors (Lipinski definition) is 3. The topological polar surface area (TPSA) is 72.9 Å². The zero-order chi connectivity index (χ0) is 24.3. The van der Waals surface area contributed by atoms with E-state index < -0.39 is 29.3 Å². The van der Waals surface area contributed by atoms with Crippen LogP contribution in [0.2, 0.25) is 0 Å². The van der Waals surface area contributed by atoms with Crippen molar-refractivity contribution in [3.05, 3.63) is 113 Å². The van der Waals surface area contributed by atoms with Gasteiger partial charge in [-0.2, -0.15) is 18.3 Å². The Balaban J connectivity index is 1.68. The second kappa shape index (κ2) is 9.48. The maximum Gasteiger partial charge on any atom is 0.435 e. The lowest BCUT2D eigenvalue weighted by atomic mass is 10.0. The molecule has 0 saturated carbocycles. The summed E-state index contributed by atoms with van der Waals surface area (Å²) in [6.07, 6.45) is -4.28. The molecule has 4 rings (SSSR count). The first-order valence-corrected chi connectivity index (χ1v) is 10.3. The fourth-order valence-electron chi connectivity index (χ4n) is 3.49. The Morgan fingerprint density at radius 1 is 0.912 bits per heavy atom. The van der Waals surface area contributed by atoms with Gasteiger partial charge >= 0.3 is 6.18 Å². The first-order chi connectivity index (χ1) is 16.2. The minimum atomic E-state index is -4.77. The molecule has 1 aromatic heterocycles. The number of nitrogens with zero attached hydrogens (tertiary/aromatic N) is 2. The van der Waals surface area contributed by atoms with Crippen LogP contribution in [0.3, 0.4) is 0 Å². The predicted molar refractivity (Wildman–Crippen MR) is 120 cm³/mol. The minimum absolute atomic E-state index is 0.143. The molecule has 5 nitrogen and oxygen atoms in total. The van der Waals surface area contributed by atoms with E-state index in [-0.39, 0.29) is 17.9 Å². The van der Waals surface area contributed by atoms with Crippen molar-refractivity contribution in [1.82, 2.24) is 9.78 Å². The summed E-state index contributed by atoms with van der Waals surface area (Å²) < 4.78 is 55.5. The standard InChI is InChI=1S/C25H20F4N4O/c26-20-10-9-17(11-16-5-2-1-3-6-16)13-21(20)31-24(34)22-14-23(25(27,28)29)32-33(22)19-8-4-7-18(12-19)15-30/h1-10,12-14H,11,15,30H2,(H,31,34). The maximum atomic E-state index is 14.5. The van der Waals surface area contributed by atoms with Gasteiger partial charge in [-0.05, 0) is 47.4 Å². The maximum absolute atomic E-state index is 14.5. The average molecular weight is 468 g/mol. The normalized spacial score (nSPS) is 11.4. The summed E-state index contributed by atoms with van der Waals surface area (Å²) in [6.45, 7) is 0.155. The molecule has 9 heteroatoms. The van der Waals surface area contributed by atoms with E-state index in [1.54, 1.807) is 18.2 Å². The molecule has 0 bridgehead atoms. The second-order valence-corrected chi connectivity index (χ2v) is 7.63. The SMILES string of the molecule is NCc1cccc(-n2nc(C(F)(F)F)cc2C(=O)Nc2cc(Cc3ccccc3)ccc2F)c1. The summed E-state index contributed by atoms with van der Waals surface area (Å²) in [5, 5.41) is 5.97. The van der Waals surface area contributed by atoms with Crippen LogP contribution in [0.4, 0.5) is 23.2 Å². The Labute approximate surface area is 192 Å². The number of alkyl halides is 3. The van der Waals surface area contributed by atoms with Crippen LogP contribution in [0.1, 0.15) is 32.9 Å². The molecule has 0 spiro atoms. The summed E-state index contributed by atoms with van der Waals surface area (Å²) in [5.74, 6) is -1.64. The van der Waals surface area contributed by atoms with Crippen LogP contribution in [0, 0.1) is 5.82 Å². The Hall–Kier alpha value is -3.98. The third-order valence-electron chi connectivity index (χ3n) is 5.15. The molecule has 0 saturated heterocycles. The molecule has 0 aliphatic rings. The molecule has 0 unspecified atom stereocenters. The molecular weight excluding hydrogens is 448 g/mol. The molecule has 34 heavy (non-hydrogen) atoms. The van der Waals surface area contributed by atoms with Crippen molar-refractivity contribution in [2.75, 3.05) is 5.32 Å². The zero-order valence-electron chi connectivity index (χ0n) is 17.8. The van der Waals surface area contributed by atoms with E-state index in [9.17, 15) is 22.4 Å². The summed E-state index contributed by atoms with van der Waals surface area (Å²) in [4.78, 5) is 13.0. The third-order valence-corrected chi connectivity index (χ3v) is 5.15. The van der Waals surface area contributed by atoms with Crippen molar-refractivity contribution in [2.45, 2.75) is 19.1 Å². The molecule has 0 radical (unpaired) electrons. The van der Waals surface area contributed by atoms with E-state index >= 15 is 0 Å². The highest BCUT2D eigenvalue weighted by atomic mass is 19.4. The van der Waals surface area contributed by atoms with Gasteiger partial charge in [0.25, 0.3) is 5.91 Å². The molecule has 0 fully saturated rings. The number of carbonyl (C=O) groups excluding carboxylic acids is 1. The van der Waals surface area contributed by atoms with Gasteiger partial charge in [0, 0.05) is 12.6 Å². The first-order valence-electron chi connectivity index (χ1n) is 10.3. The fraction of sp³-hybridized carbons (Fsp3) is 0.120. The third kappa shape index (κ3) is 5.15. The lowest BCUT2D eigenvalue weighted by Gasteiger charge is -2.11. The molecular formula is C25H20F4N4O. The summed E-state index contributed by atoms with van der Waals surface area (Å²) in [5.41, 5.74) is 6.43. The second-order valence-electron chi connectivity index (χ2n) is 7.63. The van der Waals surface area contributed by atoms with Crippen LogP contribution in [0.15, 0.2) is 78.9 Å². The van der Waals surface area contributed by atoms with E-state index in [1.807, 2.05) is 30.3 Å². The number of carbonyl (C=O) groups is 1. The Kier molecular flexibility index (Phi) is 6.47. The van der Waals surface area contributed by atoms with Gasteiger partial charge in [-0.3, -0.25) is 4.79 Å².